The number of rotatable bonds is 3. The lowest BCUT2D eigenvalue weighted by molar-refractivity contribution is -0.152. The molecule has 1 saturated carbocycles. The first kappa shape index (κ1) is 10.5. The summed E-state index contributed by atoms with van der Waals surface area (Å²) in [6.07, 6.45) is 5.35. The number of nitrogens with zero attached hydrogens (tertiary/aromatic N) is 1. The summed E-state index contributed by atoms with van der Waals surface area (Å²) in [7, 11) is 1.49. The van der Waals surface area contributed by atoms with Crippen LogP contribution in [0.25, 0.3) is 0 Å². The van der Waals surface area contributed by atoms with E-state index in [1.807, 2.05) is 0 Å². The van der Waals surface area contributed by atoms with Crippen LogP contribution in [-0.2, 0) is 14.3 Å². The summed E-state index contributed by atoms with van der Waals surface area (Å²) in [6, 6.07) is -0.00278. The fourth-order valence-corrected chi connectivity index (χ4v) is 3.05. The van der Waals surface area contributed by atoms with Crippen LogP contribution in [0.15, 0.2) is 0 Å². The molecule has 0 N–H and O–H groups in total. The van der Waals surface area contributed by atoms with Gasteiger partial charge < -0.3 is 9.47 Å². The summed E-state index contributed by atoms with van der Waals surface area (Å²) in [5.74, 6) is 0.480. The summed E-state index contributed by atoms with van der Waals surface area (Å²) < 4.78 is 10.7. The molecule has 3 atom stereocenters. The minimum absolute atomic E-state index is 0.00278. The second-order valence-corrected chi connectivity index (χ2v) is 5.22. The van der Waals surface area contributed by atoms with E-state index in [1.54, 1.807) is 0 Å². The zero-order chi connectivity index (χ0) is 11.1. The highest BCUT2D eigenvalue weighted by Gasteiger charge is 2.45. The maximum absolute atomic E-state index is 11.8. The Bertz CT molecular complexity index is 278. The second kappa shape index (κ2) is 4.00. The van der Waals surface area contributed by atoms with E-state index in [4.69, 9.17) is 9.47 Å². The lowest BCUT2D eigenvalue weighted by Crippen LogP contribution is -2.52. The van der Waals surface area contributed by atoms with Gasteiger partial charge in [-0.25, -0.2) is 0 Å². The third-order valence-corrected chi connectivity index (χ3v) is 3.98. The van der Waals surface area contributed by atoms with Gasteiger partial charge in [0, 0.05) is 13.1 Å². The molecule has 3 fully saturated rings. The van der Waals surface area contributed by atoms with Crippen molar-refractivity contribution in [1.82, 2.24) is 4.90 Å². The fraction of sp³-hybridized carbons (Fsp3) is 0.917. The summed E-state index contributed by atoms with van der Waals surface area (Å²) >= 11 is 0. The van der Waals surface area contributed by atoms with E-state index in [1.165, 1.54) is 20.0 Å². The molecule has 2 saturated heterocycles. The van der Waals surface area contributed by atoms with Crippen molar-refractivity contribution in [2.24, 2.45) is 5.92 Å². The van der Waals surface area contributed by atoms with E-state index >= 15 is 0 Å². The lowest BCUT2D eigenvalue weighted by atomic mass is 10.1. The molecule has 2 bridgehead atoms. The first-order chi connectivity index (χ1) is 7.78. The molecule has 2 aliphatic heterocycles. The number of likely N-dealkylation sites (tertiary alicyclic amines) is 1. The van der Waals surface area contributed by atoms with E-state index < -0.39 is 0 Å². The average Bonchev–Trinajstić information content (AvgIpc) is 3.05. The smallest absolute Gasteiger partial charge is 0.323 e. The molecule has 16 heavy (non-hydrogen) atoms. The Morgan fingerprint density at radius 3 is 2.38 bits per heavy atom. The van der Waals surface area contributed by atoms with Crippen LogP contribution in [0.1, 0.15) is 25.7 Å². The Kier molecular flexibility index (Phi) is 2.64. The van der Waals surface area contributed by atoms with Crippen LogP contribution in [0.3, 0.4) is 0 Å². The van der Waals surface area contributed by atoms with Gasteiger partial charge in [0.25, 0.3) is 0 Å². The molecule has 0 aromatic heterocycles. The summed E-state index contributed by atoms with van der Waals surface area (Å²) in [6.45, 7) is 1.82. The van der Waals surface area contributed by atoms with Crippen molar-refractivity contribution in [3.8, 4) is 0 Å². The number of morpholine rings is 1. The molecule has 3 unspecified atom stereocenters. The number of carbonyl (C=O) groups excluding carboxylic acids is 1. The van der Waals surface area contributed by atoms with E-state index in [0.717, 1.165) is 25.9 Å². The zero-order valence-corrected chi connectivity index (χ0v) is 9.72. The van der Waals surface area contributed by atoms with Crippen molar-refractivity contribution < 1.29 is 14.3 Å². The van der Waals surface area contributed by atoms with E-state index in [-0.39, 0.29) is 12.0 Å². The molecule has 0 amide bonds. The highest BCUT2D eigenvalue weighted by Crippen LogP contribution is 2.38. The Labute approximate surface area is 95.9 Å². The van der Waals surface area contributed by atoms with Gasteiger partial charge in [-0.2, -0.15) is 0 Å². The van der Waals surface area contributed by atoms with Gasteiger partial charge in [-0.1, -0.05) is 0 Å². The number of hydrogen-bond acceptors (Lipinski definition) is 4. The molecular formula is C12H19NO3. The Morgan fingerprint density at radius 1 is 1.25 bits per heavy atom. The highest BCUT2D eigenvalue weighted by atomic mass is 16.5. The topological polar surface area (TPSA) is 38.8 Å². The van der Waals surface area contributed by atoms with E-state index in [9.17, 15) is 4.79 Å². The Hall–Kier alpha value is -0.610. The van der Waals surface area contributed by atoms with Crippen molar-refractivity contribution >= 4 is 5.97 Å². The normalized spacial score (nSPS) is 36.1. The minimum atomic E-state index is -0.0520. The van der Waals surface area contributed by atoms with Gasteiger partial charge >= 0.3 is 5.97 Å². The molecule has 0 spiro atoms. The number of esters is 1. The maximum atomic E-state index is 11.8. The number of methoxy groups -OCH3 is 1. The molecule has 4 nitrogen and oxygen atoms in total. The highest BCUT2D eigenvalue weighted by molar-refractivity contribution is 5.76. The zero-order valence-electron chi connectivity index (χ0n) is 9.72. The summed E-state index contributed by atoms with van der Waals surface area (Å²) in [5, 5.41) is 0. The molecule has 0 aromatic rings. The number of hydrogen-bond donors (Lipinski definition) is 0. The standard InChI is InChI=1S/C12H19NO3/c1-15-12(14)11(8-2-3-8)13-6-9-4-5-10(7-13)16-9/h8-11H,2-7H2,1H3. The van der Waals surface area contributed by atoms with Crippen molar-refractivity contribution in [2.75, 3.05) is 20.2 Å². The largest absolute Gasteiger partial charge is 0.468 e. The molecule has 3 rings (SSSR count). The summed E-state index contributed by atoms with van der Waals surface area (Å²) in [5.41, 5.74) is 0. The van der Waals surface area contributed by atoms with Gasteiger partial charge in [0.2, 0.25) is 0 Å². The number of carbonyl (C=O) groups is 1. The fourth-order valence-electron chi connectivity index (χ4n) is 3.05. The third kappa shape index (κ3) is 1.84. The first-order valence-corrected chi connectivity index (χ1v) is 6.25. The van der Waals surface area contributed by atoms with Crippen molar-refractivity contribution in [3.05, 3.63) is 0 Å². The van der Waals surface area contributed by atoms with Gasteiger partial charge in [-0.15, -0.1) is 0 Å². The van der Waals surface area contributed by atoms with Crippen molar-refractivity contribution in [1.29, 1.82) is 0 Å². The second-order valence-electron chi connectivity index (χ2n) is 5.22. The first-order valence-electron chi connectivity index (χ1n) is 6.25. The van der Waals surface area contributed by atoms with Crippen LogP contribution in [0.5, 0.6) is 0 Å². The van der Waals surface area contributed by atoms with Crippen molar-refractivity contribution in [2.45, 2.75) is 43.9 Å². The average molecular weight is 225 g/mol. The van der Waals surface area contributed by atoms with Gasteiger partial charge in [0.1, 0.15) is 6.04 Å². The number of ether oxygens (including phenoxy) is 2. The minimum Gasteiger partial charge on any atom is -0.468 e. The molecular weight excluding hydrogens is 206 g/mol. The molecule has 1 aliphatic carbocycles. The van der Waals surface area contributed by atoms with Crippen LogP contribution in [0, 0.1) is 5.92 Å². The quantitative estimate of drug-likeness (QED) is 0.666. The van der Waals surface area contributed by atoms with Gasteiger partial charge in [-0.3, -0.25) is 9.69 Å². The lowest BCUT2D eigenvalue weighted by Gasteiger charge is -2.36. The van der Waals surface area contributed by atoms with Crippen LogP contribution in [-0.4, -0.2) is 49.3 Å². The molecule has 3 aliphatic rings. The van der Waals surface area contributed by atoms with Gasteiger partial charge in [0.15, 0.2) is 0 Å². The maximum Gasteiger partial charge on any atom is 0.323 e. The van der Waals surface area contributed by atoms with Crippen LogP contribution >= 0.6 is 0 Å². The molecule has 4 heteroatoms. The molecule has 0 radical (unpaired) electrons. The van der Waals surface area contributed by atoms with Crippen LogP contribution in [0.2, 0.25) is 0 Å². The van der Waals surface area contributed by atoms with E-state index in [0.29, 0.717) is 18.1 Å². The SMILES string of the molecule is COC(=O)C(C1CC1)N1CC2CCC(C1)O2. The Balaban J connectivity index is 1.71. The van der Waals surface area contributed by atoms with Gasteiger partial charge in [-0.05, 0) is 31.6 Å². The van der Waals surface area contributed by atoms with Crippen LogP contribution < -0.4 is 0 Å². The van der Waals surface area contributed by atoms with Gasteiger partial charge in [0.05, 0.1) is 19.3 Å². The monoisotopic (exact) mass is 225 g/mol. The number of fused-ring (bicyclic) bond motifs is 2. The third-order valence-electron chi connectivity index (χ3n) is 3.98. The summed E-state index contributed by atoms with van der Waals surface area (Å²) in [4.78, 5) is 14.1. The predicted molar refractivity (Wildman–Crippen MR) is 58.0 cm³/mol. The van der Waals surface area contributed by atoms with E-state index in [2.05, 4.69) is 4.90 Å². The molecule has 0 aromatic carbocycles. The predicted octanol–water partition coefficient (Wildman–Crippen LogP) is 0.801. The molecule has 2 heterocycles. The molecule has 90 valence electrons. The van der Waals surface area contributed by atoms with Crippen molar-refractivity contribution in [3.63, 3.8) is 0 Å². The van der Waals surface area contributed by atoms with Crippen LogP contribution in [0.4, 0.5) is 0 Å². The Morgan fingerprint density at radius 2 is 1.88 bits per heavy atom.